The van der Waals surface area contributed by atoms with Crippen LogP contribution in [0.5, 0.6) is 5.75 Å². The van der Waals surface area contributed by atoms with Crippen molar-refractivity contribution in [3.63, 3.8) is 0 Å². The van der Waals surface area contributed by atoms with Crippen LogP contribution < -0.4 is 10.7 Å². The predicted octanol–water partition coefficient (Wildman–Crippen LogP) is 2.06. The standard InChI is InChI=1S/C24H24F2N4O6/c1-12-5-6-24(8-18(35-2)28-36-24)17-11-29(12)23(34)19-21(32)20(31)15(10-30(17)19)22(33)27-9-13-3-4-14(25)7-16(13)26/h3-4,7,10,12,17,32H,5-6,8-9,11H2,1-2H3,(H,27,33)/t12-,17+,24-/m0/s1/i2D3. The summed E-state index contributed by atoms with van der Waals surface area (Å²) in [6.45, 7) is 1.48. The fourth-order valence-corrected chi connectivity index (χ4v) is 5.07. The Bertz CT molecular complexity index is 1460. The van der Waals surface area contributed by atoms with Crippen LogP contribution in [0.25, 0.3) is 0 Å². The summed E-state index contributed by atoms with van der Waals surface area (Å²) in [6.07, 6.45) is 1.81. The van der Waals surface area contributed by atoms with E-state index in [1.807, 2.05) is 0 Å². The van der Waals surface area contributed by atoms with Crippen molar-refractivity contribution in [1.29, 1.82) is 0 Å². The van der Waals surface area contributed by atoms with Crippen LogP contribution in [0, 0.1) is 11.6 Å². The number of benzene rings is 1. The van der Waals surface area contributed by atoms with Crippen molar-refractivity contribution >= 4 is 17.7 Å². The number of pyridine rings is 1. The summed E-state index contributed by atoms with van der Waals surface area (Å²) in [4.78, 5) is 46.6. The number of ether oxygens (including phenoxy) is 1. The van der Waals surface area contributed by atoms with Crippen LogP contribution >= 0.6 is 0 Å². The molecule has 2 aromatic rings. The quantitative estimate of drug-likeness (QED) is 0.659. The lowest BCUT2D eigenvalue weighted by atomic mass is 9.85. The Morgan fingerprint density at radius 3 is 2.97 bits per heavy atom. The molecule has 0 radical (unpaired) electrons. The minimum Gasteiger partial charge on any atom is -0.503 e. The monoisotopic (exact) mass is 505 g/mol. The third-order valence-electron chi connectivity index (χ3n) is 7.10. The van der Waals surface area contributed by atoms with Crippen molar-refractivity contribution in [2.75, 3.05) is 13.6 Å². The third-order valence-corrected chi connectivity index (χ3v) is 7.10. The lowest BCUT2D eigenvalue weighted by molar-refractivity contribution is -0.0655. The van der Waals surface area contributed by atoms with Gasteiger partial charge in [0.1, 0.15) is 17.2 Å². The zero-order chi connectivity index (χ0) is 28.3. The number of aromatic hydroxyl groups is 1. The molecular formula is C24H24F2N4O6. The molecule has 190 valence electrons. The van der Waals surface area contributed by atoms with Gasteiger partial charge in [-0.1, -0.05) is 11.2 Å². The van der Waals surface area contributed by atoms with E-state index in [1.54, 1.807) is 6.92 Å². The van der Waals surface area contributed by atoms with Gasteiger partial charge in [-0.05, 0) is 25.8 Å². The summed E-state index contributed by atoms with van der Waals surface area (Å²) in [7, 11) is -2.77. The van der Waals surface area contributed by atoms with Crippen LogP contribution in [0.1, 0.15) is 62.8 Å². The molecule has 3 aliphatic heterocycles. The number of amides is 2. The van der Waals surface area contributed by atoms with Gasteiger partial charge in [-0.25, -0.2) is 8.78 Å². The highest BCUT2D eigenvalue weighted by molar-refractivity contribution is 5.99. The van der Waals surface area contributed by atoms with E-state index in [0.29, 0.717) is 18.9 Å². The second-order valence-electron chi connectivity index (χ2n) is 9.18. The van der Waals surface area contributed by atoms with Gasteiger partial charge in [0.25, 0.3) is 11.8 Å². The summed E-state index contributed by atoms with van der Waals surface area (Å²) >= 11 is 0. The lowest BCUT2D eigenvalue weighted by Crippen LogP contribution is -2.52. The van der Waals surface area contributed by atoms with Gasteiger partial charge in [0, 0.05) is 37.0 Å². The smallest absolute Gasteiger partial charge is 0.274 e. The van der Waals surface area contributed by atoms with Crippen LogP contribution in [0.2, 0.25) is 0 Å². The molecule has 1 fully saturated rings. The van der Waals surface area contributed by atoms with E-state index in [-0.39, 0.29) is 42.7 Å². The topological polar surface area (TPSA) is 122 Å². The molecule has 36 heavy (non-hydrogen) atoms. The summed E-state index contributed by atoms with van der Waals surface area (Å²) in [5.74, 6) is -4.39. The first kappa shape index (κ1) is 20.3. The molecule has 2 N–H and O–H groups in total. The van der Waals surface area contributed by atoms with Crippen LogP contribution in [0.15, 0.2) is 34.3 Å². The molecule has 1 aromatic heterocycles. The zero-order valence-electron chi connectivity index (χ0n) is 22.1. The normalized spacial score (nSPS) is 26.2. The number of rotatable bonds is 3. The van der Waals surface area contributed by atoms with E-state index < -0.39 is 58.9 Å². The Morgan fingerprint density at radius 1 is 1.42 bits per heavy atom. The van der Waals surface area contributed by atoms with E-state index in [9.17, 15) is 28.3 Å². The molecule has 1 spiro atoms. The molecule has 3 atom stereocenters. The molecule has 1 aromatic carbocycles. The summed E-state index contributed by atoms with van der Waals surface area (Å²) in [5.41, 5.74) is -3.22. The van der Waals surface area contributed by atoms with Crippen molar-refractivity contribution < 1.29 is 37.2 Å². The molecule has 3 aliphatic rings. The van der Waals surface area contributed by atoms with E-state index >= 15 is 0 Å². The molecular weight excluding hydrogens is 478 g/mol. The SMILES string of the molecule is [2H]C([2H])([2H])OC1=NO[C@@]2(CC[C@H](C)N3C[C@H]2n2cc(C(=O)NCc4ccc(F)cc4F)c(=O)c(O)c2C3=O)C1. The molecule has 2 bridgehead atoms. The van der Waals surface area contributed by atoms with Gasteiger partial charge in [0.05, 0.1) is 23.6 Å². The number of oxime groups is 1. The fourth-order valence-electron chi connectivity index (χ4n) is 5.07. The molecule has 0 unspecified atom stereocenters. The van der Waals surface area contributed by atoms with Gasteiger partial charge in [-0.2, -0.15) is 0 Å². The minimum absolute atomic E-state index is 0.0344. The molecule has 10 nitrogen and oxygen atoms in total. The van der Waals surface area contributed by atoms with Crippen LogP contribution in [-0.2, 0) is 16.1 Å². The van der Waals surface area contributed by atoms with Gasteiger partial charge in [0.15, 0.2) is 17.0 Å². The van der Waals surface area contributed by atoms with E-state index in [1.165, 1.54) is 9.47 Å². The van der Waals surface area contributed by atoms with Crippen molar-refractivity contribution in [2.45, 2.75) is 50.4 Å². The highest BCUT2D eigenvalue weighted by Crippen LogP contribution is 2.46. The van der Waals surface area contributed by atoms with Gasteiger partial charge in [-0.15, -0.1) is 0 Å². The molecule has 5 rings (SSSR count). The minimum atomic E-state index is -2.77. The first-order valence-electron chi connectivity index (χ1n) is 12.7. The maximum Gasteiger partial charge on any atom is 0.274 e. The maximum absolute atomic E-state index is 14.0. The van der Waals surface area contributed by atoms with E-state index in [0.717, 1.165) is 18.3 Å². The number of aromatic nitrogens is 1. The number of nitrogens with zero attached hydrogens (tertiary/aromatic N) is 3. The summed E-state index contributed by atoms with van der Waals surface area (Å²) in [6, 6.07) is 1.71. The second kappa shape index (κ2) is 8.61. The number of fused-ring (bicyclic) bond motifs is 5. The second-order valence-corrected chi connectivity index (χ2v) is 9.18. The van der Waals surface area contributed by atoms with Crippen molar-refractivity contribution in [1.82, 2.24) is 14.8 Å². The zero-order valence-corrected chi connectivity index (χ0v) is 19.1. The van der Waals surface area contributed by atoms with Crippen molar-refractivity contribution in [2.24, 2.45) is 5.16 Å². The Kier molecular flexibility index (Phi) is 4.84. The van der Waals surface area contributed by atoms with E-state index in [4.69, 9.17) is 13.7 Å². The number of carbonyl (C=O) groups excluding carboxylic acids is 2. The third kappa shape index (κ3) is 3.67. The number of carbonyl (C=O) groups is 2. The first-order valence-corrected chi connectivity index (χ1v) is 11.2. The molecule has 0 aliphatic carbocycles. The Labute approximate surface area is 208 Å². The molecule has 1 saturated heterocycles. The highest BCUT2D eigenvalue weighted by Gasteiger charge is 2.54. The lowest BCUT2D eigenvalue weighted by Gasteiger charge is -2.41. The molecule has 2 amide bonds. The number of nitrogens with one attached hydrogen (secondary N) is 1. The van der Waals surface area contributed by atoms with Gasteiger partial charge < -0.3 is 29.5 Å². The van der Waals surface area contributed by atoms with Gasteiger partial charge in [-0.3, -0.25) is 14.4 Å². The summed E-state index contributed by atoms with van der Waals surface area (Å²) in [5, 5.41) is 17.0. The fraction of sp³-hybridized carbons (Fsp3) is 0.417. The average molecular weight is 505 g/mol. The van der Waals surface area contributed by atoms with Crippen molar-refractivity contribution in [3.8, 4) is 5.75 Å². The first-order chi connectivity index (χ1) is 18.3. The van der Waals surface area contributed by atoms with Crippen LogP contribution in [0.4, 0.5) is 8.78 Å². The van der Waals surface area contributed by atoms with Gasteiger partial charge >= 0.3 is 0 Å². The van der Waals surface area contributed by atoms with Gasteiger partial charge in [0.2, 0.25) is 11.3 Å². The Morgan fingerprint density at radius 2 is 2.22 bits per heavy atom. The number of hydrogen-bond acceptors (Lipinski definition) is 7. The number of hydrogen-bond donors (Lipinski definition) is 2. The Balaban J connectivity index is 1.52. The summed E-state index contributed by atoms with van der Waals surface area (Å²) < 4.78 is 55.6. The molecule has 0 saturated carbocycles. The molecule has 4 heterocycles. The average Bonchev–Trinajstić information content (AvgIpc) is 3.20. The number of halogens is 2. The number of methoxy groups -OCH3 is 1. The van der Waals surface area contributed by atoms with Crippen LogP contribution in [0.3, 0.4) is 0 Å². The van der Waals surface area contributed by atoms with E-state index in [2.05, 4.69) is 10.5 Å². The van der Waals surface area contributed by atoms with Crippen molar-refractivity contribution in [3.05, 3.63) is 63.1 Å². The molecule has 12 heteroatoms. The largest absolute Gasteiger partial charge is 0.503 e. The Hall–Kier alpha value is -3.96. The predicted molar refractivity (Wildman–Crippen MR) is 122 cm³/mol. The maximum atomic E-state index is 14.0. The highest BCUT2D eigenvalue weighted by atomic mass is 19.1. The van der Waals surface area contributed by atoms with Crippen LogP contribution in [-0.4, -0.2) is 57.5 Å².